The Morgan fingerprint density at radius 3 is 1.78 bits per heavy atom. The largest absolute Gasteiger partial charge is 0.507 e. The molecule has 0 atom stereocenters. The summed E-state index contributed by atoms with van der Waals surface area (Å²) < 4.78 is 0. The molecule has 0 spiro atoms. The molecule has 0 amide bonds. The molecule has 0 aliphatic carbocycles. The number of hydrogen-bond acceptors (Lipinski definition) is 2. The average molecular weight is 319 g/mol. The van der Waals surface area contributed by atoms with Crippen LogP contribution in [0.1, 0.15) is 0 Å². The molecule has 0 heterocycles. The molecule has 0 saturated heterocycles. The first-order chi connectivity index (χ1) is 10.8. The minimum Gasteiger partial charge on any atom is -0.507 e. The molecule has 3 heteroatoms. The van der Waals surface area contributed by atoms with E-state index in [4.69, 9.17) is 5.73 Å². The van der Waals surface area contributed by atoms with Crippen molar-refractivity contribution in [1.29, 1.82) is 0 Å². The molecule has 2 nitrogen and oxygen atoms in total. The predicted octanol–water partition coefficient (Wildman–Crippen LogP) is 5.06. The fourth-order valence-corrected chi connectivity index (χ4v) is 3.09. The number of rotatable bonds is 1. The highest BCUT2D eigenvalue weighted by Crippen LogP contribution is 2.42. The first-order valence-electron chi connectivity index (χ1n) is 7.24. The molecule has 0 bridgehead atoms. The standard InChI is InChI=1S/C20H15NO.H2S/c21-17-11-9-13-5-1-3-7-15(13)19(17)20-16-8-4-2-6-14(16)10-12-18(20)22;/h1-12,22H,21H2;1H2. The lowest BCUT2D eigenvalue weighted by atomic mass is 9.92. The first-order valence-corrected chi connectivity index (χ1v) is 7.24. The van der Waals surface area contributed by atoms with E-state index in [1.807, 2.05) is 60.7 Å². The van der Waals surface area contributed by atoms with Gasteiger partial charge in [-0.05, 0) is 33.7 Å². The van der Waals surface area contributed by atoms with Gasteiger partial charge in [0.1, 0.15) is 5.75 Å². The Morgan fingerprint density at radius 1 is 0.609 bits per heavy atom. The molecule has 23 heavy (non-hydrogen) atoms. The Morgan fingerprint density at radius 2 is 1.13 bits per heavy atom. The molecule has 0 saturated carbocycles. The van der Waals surface area contributed by atoms with Crippen molar-refractivity contribution in [3.8, 4) is 16.9 Å². The molecule has 0 unspecified atom stereocenters. The number of phenolic OH excluding ortho intramolecular Hbond substituents is 1. The summed E-state index contributed by atoms with van der Waals surface area (Å²) in [5, 5.41) is 14.7. The molecule has 4 rings (SSSR count). The van der Waals surface area contributed by atoms with Gasteiger partial charge in [-0.25, -0.2) is 0 Å². The summed E-state index contributed by atoms with van der Waals surface area (Å²) in [5.74, 6) is 0.252. The molecule has 4 aromatic rings. The highest BCUT2D eigenvalue weighted by Gasteiger charge is 2.15. The smallest absolute Gasteiger partial charge is 0.124 e. The van der Waals surface area contributed by atoms with Gasteiger partial charge in [0.2, 0.25) is 0 Å². The number of phenols is 1. The number of benzene rings is 4. The van der Waals surface area contributed by atoms with Gasteiger partial charge in [0.25, 0.3) is 0 Å². The summed E-state index contributed by atoms with van der Waals surface area (Å²) >= 11 is 0. The van der Waals surface area contributed by atoms with Crippen molar-refractivity contribution in [3.63, 3.8) is 0 Å². The second-order valence-electron chi connectivity index (χ2n) is 5.43. The summed E-state index contributed by atoms with van der Waals surface area (Å²) in [6, 6.07) is 23.7. The normalized spacial score (nSPS) is 10.6. The van der Waals surface area contributed by atoms with Crippen LogP contribution in [-0.2, 0) is 0 Å². The van der Waals surface area contributed by atoms with Crippen molar-refractivity contribution >= 4 is 40.7 Å². The third-order valence-corrected chi connectivity index (χ3v) is 4.12. The molecule has 0 radical (unpaired) electrons. The Bertz CT molecular complexity index is 927. The Balaban J connectivity index is 0.00000156. The van der Waals surface area contributed by atoms with Crippen molar-refractivity contribution in [1.82, 2.24) is 0 Å². The molecule has 114 valence electrons. The Kier molecular flexibility index (Phi) is 3.89. The van der Waals surface area contributed by atoms with Crippen molar-refractivity contribution in [2.45, 2.75) is 0 Å². The van der Waals surface area contributed by atoms with Gasteiger partial charge in [0.15, 0.2) is 0 Å². The zero-order chi connectivity index (χ0) is 15.1. The minimum atomic E-state index is 0. The van der Waals surface area contributed by atoms with Gasteiger partial charge in [-0.2, -0.15) is 13.5 Å². The van der Waals surface area contributed by atoms with Crippen LogP contribution in [0.2, 0.25) is 0 Å². The topological polar surface area (TPSA) is 46.2 Å². The van der Waals surface area contributed by atoms with E-state index in [1.165, 1.54) is 0 Å². The second kappa shape index (κ2) is 5.86. The van der Waals surface area contributed by atoms with Crippen LogP contribution in [-0.4, -0.2) is 5.11 Å². The summed E-state index contributed by atoms with van der Waals surface area (Å²) in [6.45, 7) is 0. The number of hydrogen-bond donors (Lipinski definition) is 2. The van der Waals surface area contributed by atoms with E-state index < -0.39 is 0 Å². The lowest BCUT2D eigenvalue weighted by molar-refractivity contribution is 0.478. The highest BCUT2D eigenvalue weighted by atomic mass is 32.1. The Labute approximate surface area is 141 Å². The van der Waals surface area contributed by atoms with Gasteiger partial charge in [-0.3, -0.25) is 0 Å². The van der Waals surface area contributed by atoms with Crippen LogP contribution in [0.4, 0.5) is 5.69 Å². The lowest BCUT2D eigenvalue weighted by Crippen LogP contribution is -1.93. The Hall–Kier alpha value is -2.65. The maximum atomic E-state index is 10.5. The van der Waals surface area contributed by atoms with Crippen LogP contribution in [0.25, 0.3) is 32.7 Å². The van der Waals surface area contributed by atoms with E-state index in [-0.39, 0.29) is 19.2 Å². The van der Waals surface area contributed by atoms with Gasteiger partial charge in [0.05, 0.1) is 0 Å². The van der Waals surface area contributed by atoms with E-state index in [2.05, 4.69) is 6.07 Å². The number of fused-ring (bicyclic) bond motifs is 2. The minimum absolute atomic E-state index is 0. The third kappa shape index (κ3) is 2.39. The molecular formula is C20H17NOS. The summed E-state index contributed by atoms with van der Waals surface area (Å²) in [4.78, 5) is 0. The highest BCUT2D eigenvalue weighted by molar-refractivity contribution is 7.59. The summed E-state index contributed by atoms with van der Waals surface area (Å²) in [5.41, 5.74) is 8.63. The van der Waals surface area contributed by atoms with Crippen molar-refractivity contribution < 1.29 is 5.11 Å². The number of nitrogens with two attached hydrogens (primary N) is 1. The van der Waals surface area contributed by atoms with E-state index in [0.29, 0.717) is 5.69 Å². The molecule has 3 N–H and O–H groups in total. The van der Waals surface area contributed by atoms with E-state index in [9.17, 15) is 5.11 Å². The van der Waals surface area contributed by atoms with Gasteiger partial charge < -0.3 is 10.8 Å². The van der Waals surface area contributed by atoms with Crippen molar-refractivity contribution in [2.24, 2.45) is 0 Å². The van der Waals surface area contributed by atoms with Crippen LogP contribution in [0.3, 0.4) is 0 Å². The average Bonchev–Trinajstić information content (AvgIpc) is 2.56. The number of anilines is 1. The van der Waals surface area contributed by atoms with Crippen LogP contribution in [0.15, 0.2) is 72.8 Å². The lowest BCUT2D eigenvalue weighted by Gasteiger charge is -2.14. The summed E-state index contributed by atoms with van der Waals surface area (Å²) in [7, 11) is 0. The monoisotopic (exact) mass is 319 g/mol. The first kappa shape index (κ1) is 15.3. The van der Waals surface area contributed by atoms with Gasteiger partial charge in [-0.15, -0.1) is 0 Å². The molecule has 0 fully saturated rings. The van der Waals surface area contributed by atoms with E-state index in [0.717, 1.165) is 32.7 Å². The number of aromatic hydroxyl groups is 1. The van der Waals surface area contributed by atoms with Crippen molar-refractivity contribution in [3.05, 3.63) is 72.8 Å². The van der Waals surface area contributed by atoms with Crippen LogP contribution < -0.4 is 5.73 Å². The molecule has 4 aromatic carbocycles. The third-order valence-electron chi connectivity index (χ3n) is 4.12. The maximum Gasteiger partial charge on any atom is 0.124 e. The number of nitrogen functional groups attached to an aromatic ring is 1. The molecular weight excluding hydrogens is 302 g/mol. The predicted molar refractivity (Wildman–Crippen MR) is 103 cm³/mol. The maximum absolute atomic E-state index is 10.5. The van der Waals surface area contributed by atoms with Gasteiger partial charge in [-0.1, -0.05) is 60.7 Å². The van der Waals surface area contributed by atoms with Gasteiger partial charge in [0, 0.05) is 16.8 Å². The van der Waals surface area contributed by atoms with Crippen LogP contribution in [0.5, 0.6) is 5.75 Å². The van der Waals surface area contributed by atoms with Crippen LogP contribution in [0, 0.1) is 0 Å². The molecule has 0 aromatic heterocycles. The second-order valence-corrected chi connectivity index (χ2v) is 5.43. The quantitative estimate of drug-likeness (QED) is 0.482. The zero-order valence-corrected chi connectivity index (χ0v) is 13.5. The molecule has 0 aliphatic rings. The fraction of sp³-hybridized carbons (Fsp3) is 0. The fourth-order valence-electron chi connectivity index (χ4n) is 3.09. The van der Waals surface area contributed by atoms with E-state index in [1.54, 1.807) is 6.07 Å². The molecule has 0 aliphatic heterocycles. The van der Waals surface area contributed by atoms with Crippen molar-refractivity contribution in [2.75, 3.05) is 5.73 Å². The zero-order valence-electron chi connectivity index (χ0n) is 12.5. The van der Waals surface area contributed by atoms with Crippen LogP contribution >= 0.6 is 13.5 Å². The van der Waals surface area contributed by atoms with Gasteiger partial charge >= 0.3 is 0 Å². The SMILES string of the molecule is Nc1ccc2ccccc2c1-c1c(O)ccc2ccccc12.S. The summed E-state index contributed by atoms with van der Waals surface area (Å²) in [6.07, 6.45) is 0. The van der Waals surface area contributed by atoms with E-state index >= 15 is 0 Å².